The fourth-order valence-electron chi connectivity index (χ4n) is 3.16. The Bertz CT molecular complexity index is 719. The van der Waals surface area contributed by atoms with Gasteiger partial charge in [-0.05, 0) is 54.3 Å². The average Bonchev–Trinajstić information content (AvgIpc) is 2.49. The van der Waals surface area contributed by atoms with Gasteiger partial charge in [0.1, 0.15) is 0 Å². The lowest BCUT2D eigenvalue weighted by atomic mass is 9.77. The fraction of sp³-hybridized carbons (Fsp3) is 0.222. The van der Waals surface area contributed by atoms with Gasteiger partial charge in [0.05, 0.1) is 10.0 Å². The summed E-state index contributed by atoms with van der Waals surface area (Å²) in [6, 6.07) is 14.3. The second kappa shape index (κ2) is 5.84. The van der Waals surface area contributed by atoms with Crippen molar-refractivity contribution in [3.05, 3.63) is 74.8 Å². The van der Waals surface area contributed by atoms with Crippen LogP contribution in [-0.4, -0.2) is 6.54 Å². The summed E-state index contributed by atoms with van der Waals surface area (Å²) < 4.78 is 0. The van der Waals surface area contributed by atoms with E-state index in [1.807, 2.05) is 18.2 Å². The summed E-state index contributed by atoms with van der Waals surface area (Å²) in [7, 11) is 0. The number of allylic oxidation sites excluding steroid dienone is 1. The van der Waals surface area contributed by atoms with E-state index in [2.05, 4.69) is 31.2 Å². The lowest BCUT2D eigenvalue weighted by molar-refractivity contribution is 0.679. The lowest BCUT2D eigenvalue weighted by Crippen LogP contribution is -2.18. The van der Waals surface area contributed by atoms with Gasteiger partial charge in [0, 0.05) is 5.92 Å². The van der Waals surface area contributed by atoms with Crippen LogP contribution in [-0.2, 0) is 0 Å². The number of rotatable bonds is 2. The van der Waals surface area contributed by atoms with Crippen LogP contribution in [0.5, 0.6) is 0 Å². The molecule has 21 heavy (non-hydrogen) atoms. The Labute approximate surface area is 135 Å². The van der Waals surface area contributed by atoms with Crippen molar-refractivity contribution in [1.82, 2.24) is 0 Å². The van der Waals surface area contributed by atoms with Crippen molar-refractivity contribution in [2.24, 2.45) is 5.73 Å². The van der Waals surface area contributed by atoms with E-state index in [1.54, 1.807) is 0 Å². The van der Waals surface area contributed by atoms with E-state index >= 15 is 0 Å². The smallest absolute Gasteiger partial charge is 0.0598 e. The second-order valence-electron chi connectivity index (χ2n) is 5.51. The molecule has 0 heterocycles. The van der Waals surface area contributed by atoms with Gasteiger partial charge in [-0.2, -0.15) is 0 Å². The van der Waals surface area contributed by atoms with Crippen LogP contribution in [0.2, 0.25) is 10.0 Å². The van der Waals surface area contributed by atoms with Crippen LogP contribution in [0.3, 0.4) is 0 Å². The van der Waals surface area contributed by atoms with E-state index in [0.717, 1.165) is 12.0 Å². The first-order chi connectivity index (χ1) is 10.1. The zero-order chi connectivity index (χ0) is 15.0. The van der Waals surface area contributed by atoms with Crippen LogP contribution < -0.4 is 5.73 Å². The van der Waals surface area contributed by atoms with Gasteiger partial charge in [-0.25, -0.2) is 0 Å². The molecule has 0 spiro atoms. The SMILES string of the molecule is CC1=C(c2ccc(Cl)c(Cl)c2)c2ccccc2[C@H](CN)C1. The molecule has 2 N–H and O–H groups in total. The molecule has 0 saturated carbocycles. The van der Waals surface area contributed by atoms with E-state index in [0.29, 0.717) is 22.5 Å². The zero-order valence-electron chi connectivity index (χ0n) is 11.9. The van der Waals surface area contributed by atoms with Gasteiger partial charge in [0.15, 0.2) is 0 Å². The van der Waals surface area contributed by atoms with Crippen molar-refractivity contribution in [2.75, 3.05) is 6.54 Å². The average molecular weight is 318 g/mol. The quantitative estimate of drug-likeness (QED) is 0.803. The molecule has 0 fully saturated rings. The maximum atomic E-state index is 6.19. The summed E-state index contributed by atoms with van der Waals surface area (Å²) in [6.45, 7) is 2.85. The molecule has 2 aromatic rings. The molecule has 0 saturated heterocycles. The predicted molar refractivity (Wildman–Crippen MR) is 91.0 cm³/mol. The Kier molecular flexibility index (Phi) is 4.08. The van der Waals surface area contributed by atoms with Gasteiger partial charge in [-0.3, -0.25) is 0 Å². The highest BCUT2D eigenvalue weighted by Gasteiger charge is 2.24. The maximum Gasteiger partial charge on any atom is 0.0598 e. The summed E-state index contributed by atoms with van der Waals surface area (Å²) in [5.41, 5.74) is 12.3. The molecule has 0 aliphatic heterocycles. The molecule has 3 heteroatoms. The van der Waals surface area contributed by atoms with Gasteiger partial charge in [-0.15, -0.1) is 0 Å². The molecule has 0 amide bonds. The van der Waals surface area contributed by atoms with Crippen molar-refractivity contribution in [1.29, 1.82) is 0 Å². The first kappa shape index (κ1) is 14.6. The van der Waals surface area contributed by atoms with E-state index in [-0.39, 0.29) is 0 Å². The van der Waals surface area contributed by atoms with E-state index < -0.39 is 0 Å². The summed E-state index contributed by atoms with van der Waals surface area (Å²) >= 11 is 12.2. The minimum Gasteiger partial charge on any atom is -0.330 e. The molecule has 1 aliphatic rings. The Morgan fingerprint density at radius 3 is 2.57 bits per heavy atom. The van der Waals surface area contributed by atoms with Crippen molar-refractivity contribution in [2.45, 2.75) is 19.3 Å². The highest BCUT2D eigenvalue weighted by Crippen LogP contribution is 2.42. The number of halogens is 2. The van der Waals surface area contributed by atoms with Gasteiger partial charge in [-0.1, -0.05) is 59.1 Å². The monoisotopic (exact) mass is 317 g/mol. The first-order valence-corrected chi connectivity index (χ1v) is 7.82. The zero-order valence-corrected chi connectivity index (χ0v) is 13.4. The molecule has 2 aromatic carbocycles. The highest BCUT2D eigenvalue weighted by molar-refractivity contribution is 6.42. The van der Waals surface area contributed by atoms with Crippen molar-refractivity contribution in [3.63, 3.8) is 0 Å². The molecule has 0 bridgehead atoms. The van der Waals surface area contributed by atoms with Crippen LogP contribution in [0.1, 0.15) is 36.0 Å². The molecule has 1 atom stereocenters. The molecule has 3 rings (SSSR count). The molecular formula is C18H17Cl2N. The predicted octanol–water partition coefficient (Wildman–Crippen LogP) is 5.26. The second-order valence-corrected chi connectivity index (χ2v) is 6.32. The largest absolute Gasteiger partial charge is 0.330 e. The van der Waals surface area contributed by atoms with Crippen molar-refractivity contribution < 1.29 is 0 Å². The van der Waals surface area contributed by atoms with E-state index in [1.165, 1.54) is 22.3 Å². The van der Waals surface area contributed by atoms with Crippen LogP contribution in [0.15, 0.2) is 48.0 Å². The minimum absolute atomic E-state index is 0.396. The highest BCUT2D eigenvalue weighted by atomic mass is 35.5. The third kappa shape index (κ3) is 2.62. The molecule has 0 radical (unpaired) electrons. The van der Waals surface area contributed by atoms with E-state index in [4.69, 9.17) is 28.9 Å². The minimum atomic E-state index is 0.396. The molecule has 1 aliphatic carbocycles. The van der Waals surface area contributed by atoms with Crippen molar-refractivity contribution >= 4 is 28.8 Å². The Morgan fingerprint density at radius 1 is 1.10 bits per heavy atom. The molecular weight excluding hydrogens is 301 g/mol. The fourth-order valence-corrected chi connectivity index (χ4v) is 3.45. The van der Waals surface area contributed by atoms with Crippen LogP contribution in [0.25, 0.3) is 5.57 Å². The number of nitrogens with two attached hydrogens (primary N) is 1. The Balaban J connectivity index is 2.19. The van der Waals surface area contributed by atoms with Gasteiger partial charge >= 0.3 is 0 Å². The topological polar surface area (TPSA) is 26.0 Å². The van der Waals surface area contributed by atoms with Crippen LogP contribution in [0.4, 0.5) is 0 Å². The van der Waals surface area contributed by atoms with E-state index in [9.17, 15) is 0 Å². The van der Waals surface area contributed by atoms with Crippen molar-refractivity contribution in [3.8, 4) is 0 Å². The Hall–Kier alpha value is -1.28. The normalized spacial score (nSPS) is 17.8. The standard InChI is InChI=1S/C18H17Cl2N/c1-11-8-13(10-21)14-4-2-3-5-15(14)18(11)12-6-7-16(19)17(20)9-12/h2-7,9,13H,8,10,21H2,1H3/t13-/m0/s1. The molecule has 1 nitrogen and oxygen atoms in total. The summed E-state index contributed by atoms with van der Waals surface area (Å²) in [5.74, 6) is 0.396. The number of benzene rings is 2. The Morgan fingerprint density at radius 2 is 1.86 bits per heavy atom. The summed E-state index contributed by atoms with van der Waals surface area (Å²) in [4.78, 5) is 0. The molecule has 0 aromatic heterocycles. The first-order valence-electron chi connectivity index (χ1n) is 7.06. The van der Waals surface area contributed by atoms with Gasteiger partial charge in [0.2, 0.25) is 0 Å². The maximum absolute atomic E-state index is 6.19. The number of fused-ring (bicyclic) bond motifs is 1. The van der Waals surface area contributed by atoms with Crippen LogP contribution in [0, 0.1) is 0 Å². The van der Waals surface area contributed by atoms with Gasteiger partial charge < -0.3 is 5.73 Å². The summed E-state index contributed by atoms with van der Waals surface area (Å²) in [6.07, 6.45) is 0.989. The van der Waals surface area contributed by atoms with Crippen LogP contribution >= 0.6 is 23.2 Å². The molecule has 108 valence electrons. The van der Waals surface area contributed by atoms with Gasteiger partial charge in [0.25, 0.3) is 0 Å². The summed E-state index contributed by atoms with van der Waals surface area (Å²) in [5, 5.41) is 1.18. The number of hydrogen-bond acceptors (Lipinski definition) is 1. The number of hydrogen-bond donors (Lipinski definition) is 1. The third-order valence-electron chi connectivity index (χ3n) is 4.14. The lowest BCUT2D eigenvalue weighted by Gasteiger charge is -2.28. The molecule has 0 unspecified atom stereocenters. The third-order valence-corrected chi connectivity index (χ3v) is 4.88.